The summed E-state index contributed by atoms with van der Waals surface area (Å²) in [4.78, 5) is 12.8. The molecule has 0 saturated heterocycles. The van der Waals surface area contributed by atoms with Gasteiger partial charge in [0, 0.05) is 5.56 Å². The second-order valence-corrected chi connectivity index (χ2v) is 10.3. The fourth-order valence-corrected chi connectivity index (χ4v) is 4.66. The van der Waals surface area contributed by atoms with Crippen LogP contribution < -0.4 is 9.62 Å². The Morgan fingerprint density at radius 3 is 2.18 bits per heavy atom. The number of hydrogen-bond donors (Lipinski definition) is 1. The second kappa shape index (κ2) is 9.75. The largest absolute Gasteiger partial charge is 0.346 e. The first-order valence-electron chi connectivity index (χ1n) is 10.7. The summed E-state index contributed by atoms with van der Waals surface area (Å²) in [5.41, 5.74) is 5.66. The molecular formula is C26H29FN2O3S. The SMILES string of the molecule is Cc1cc(C)c(C(C)NC(=O)c2ccc(CN(c3ccccc3F)S(C)(=O)=O)cc2)cc1C. The topological polar surface area (TPSA) is 66.5 Å². The lowest BCUT2D eigenvalue weighted by Gasteiger charge is -2.23. The maximum absolute atomic E-state index is 14.2. The number of nitrogens with one attached hydrogen (secondary N) is 1. The predicted molar refractivity (Wildman–Crippen MR) is 130 cm³/mol. The standard InChI is InChI=1S/C26H29FN2O3S/c1-17-14-19(3)23(15-18(17)2)20(4)28-26(30)22-12-10-21(11-13-22)16-29(33(5,31)32)25-9-7-6-8-24(25)27/h6-15,20H,16H2,1-5H3,(H,28,30). The molecule has 0 spiro atoms. The molecule has 0 saturated carbocycles. The van der Waals surface area contributed by atoms with Gasteiger partial charge in [0.1, 0.15) is 5.82 Å². The molecule has 1 atom stereocenters. The number of rotatable bonds is 7. The van der Waals surface area contributed by atoms with Gasteiger partial charge >= 0.3 is 0 Å². The van der Waals surface area contributed by atoms with Crippen LogP contribution in [0.3, 0.4) is 0 Å². The Balaban J connectivity index is 1.76. The van der Waals surface area contributed by atoms with Gasteiger partial charge in [-0.3, -0.25) is 9.10 Å². The van der Waals surface area contributed by atoms with E-state index in [1.807, 2.05) is 20.8 Å². The fourth-order valence-electron chi connectivity index (χ4n) is 3.77. The molecule has 0 bridgehead atoms. The third-order valence-corrected chi connectivity index (χ3v) is 6.89. The van der Waals surface area contributed by atoms with Crippen LogP contribution in [0, 0.1) is 26.6 Å². The summed E-state index contributed by atoms with van der Waals surface area (Å²) in [5.74, 6) is -0.838. The van der Waals surface area contributed by atoms with Crippen LogP contribution >= 0.6 is 0 Å². The van der Waals surface area contributed by atoms with Crippen molar-refractivity contribution in [2.24, 2.45) is 0 Å². The monoisotopic (exact) mass is 468 g/mol. The normalized spacial score (nSPS) is 12.3. The van der Waals surface area contributed by atoms with Crippen molar-refractivity contribution in [3.63, 3.8) is 0 Å². The van der Waals surface area contributed by atoms with Crippen LogP contribution in [0.15, 0.2) is 60.7 Å². The summed E-state index contributed by atoms with van der Waals surface area (Å²) in [6, 6.07) is 16.4. The lowest BCUT2D eigenvalue weighted by atomic mass is 9.96. The maximum Gasteiger partial charge on any atom is 0.251 e. The molecule has 0 aliphatic carbocycles. The number of carbonyl (C=O) groups excluding carboxylic acids is 1. The number of amides is 1. The lowest BCUT2D eigenvalue weighted by molar-refractivity contribution is 0.0939. The first-order chi connectivity index (χ1) is 15.5. The molecule has 1 amide bonds. The zero-order valence-corrected chi connectivity index (χ0v) is 20.3. The molecule has 7 heteroatoms. The van der Waals surface area contributed by atoms with Gasteiger partial charge in [-0.25, -0.2) is 12.8 Å². The van der Waals surface area contributed by atoms with E-state index in [-0.39, 0.29) is 24.2 Å². The third-order valence-electron chi connectivity index (χ3n) is 5.76. The highest BCUT2D eigenvalue weighted by Crippen LogP contribution is 2.25. The average molecular weight is 469 g/mol. The van der Waals surface area contributed by atoms with Crippen molar-refractivity contribution in [1.82, 2.24) is 5.32 Å². The molecule has 0 radical (unpaired) electrons. The smallest absolute Gasteiger partial charge is 0.251 e. The second-order valence-electron chi connectivity index (χ2n) is 8.41. The molecule has 1 N–H and O–H groups in total. The quantitative estimate of drug-likeness (QED) is 0.518. The third kappa shape index (κ3) is 5.79. The summed E-state index contributed by atoms with van der Waals surface area (Å²) in [5, 5.41) is 3.02. The Labute approximate surface area is 195 Å². The van der Waals surface area contributed by atoms with E-state index in [2.05, 4.69) is 24.4 Å². The Morgan fingerprint density at radius 1 is 0.970 bits per heavy atom. The van der Waals surface area contributed by atoms with E-state index in [0.717, 1.165) is 21.7 Å². The average Bonchev–Trinajstić information content (AvgIpc) is 2.74. The zero-order valence-electron chi connectivity index (χ0n) is 19.5. The summed E-state index contributed by atoms with van der Waals surface area (Å²) in [6.45, 7) is 8.05. The van der Waals surface area contributed by atoms with Gasteiger partial charge in [0.25, 0.3) is 5.91 Å². The number of carbonyl (C=O) groups is 1. The van der Waals surface area contributed by atoms with Crippen LogP contribution in [0.4, 0.5) is 10.1 Å². The molecule has 3 aromatic rings. The molecule has 0 aliphatic rings. The molecule has 0 heterocycles. The van der Waals surface area contributed by atoms with E-state index in [1.54, 1.807) is 30.3 Å². The summed E-state index contributed by atoms with van der Waals surface area (Å²) < 4.78 is 39.8. The van der Waals surface area contributed by atoms with Gasteiger partial charge in [0.2, 0.25) is 10.0 Å². The van der Waals surface area contributed by atoms with Crippen LogP contribution in [0.25, 0.3) is 0 Å². The van der Waals surface area contributed by atoms with Gasteiger partial charge in [0.15, 0.2) is 0 Å². The molecule has 5 nitrogen and oxygen atoms in total. The summed E-state index contributed by atoms with van der Waals surface area (Å²) >= 11 is 0. The summed E-state index contributed by atoms with van der Waals surface area (Å²) in [7, 11) is -3.71. The highest BCUT2D eigenvalue weighted by atomic mass is 32.2. The van der Waals surface area contributed by atoms with E-state index in [9.17, 15) is 17.6 Å². The Kier molecular flexibility index (Phi) is 7.22. The minimum Gasteiger partial charge on any atom is -0.346 e. The molecular weight excluding hydrogens is 439 g/mol. The molecule has 174 valence electrons. The predicted octanol–water partition coefficient (Wildman–Crippen LogP) is 5.21. The van der Waals surface area contributed by atoms with E-state index in [4.69, 9.17) is 0 Å². The van der Waals surface area contributed by atoms with Crippen molar-refractivity contribution in [1.29, 1.82) is 0 Å². The van der Waals surface area contributed by atoms with Crippen molar-refractivity contribution >= 4 is 21.6 Å². The van der Waals surface area contributed by atoms with Crippen LogP contribution in [0.5, 0.6) is 0 Å². The van der Waals surface area contributed by atoms with E-state index in [1.165, 1.54) is 29.3 Å². The van der Waals surface area contributed by atoms with Gasteiger partial charge < -0.3 is 5.32 Å². The minimum atomic E-state index is -3.71. The van der Waals surface area contributed by atoms with Crippen LogP contribution in [0.1, 0.15) is 51.1 Å². The Hall–Kier alpha value is -3.19. The van der Waals surface area contributed by atoms with Crippen molar-refractivity contribution in [2.75, 3.05) is 10.6 Å². The number of sulfonamides is 1. The fraction of sp³-hybridized carbons (Fsp3) is 0.269. The molecule has 0 aliphatic heterocycles. The van der Waals surface area contributed by atoms with Gasteiger partial charge in [-0.2, -0.15) is 0 Å². The Bertz CT molecular complexity index is 1270. The van der Waals surface area contributed by atoms with Crippen molar-refractivity contribution in [3.05, 3.63) is 99.9 Å². The van der Waals surface area contributed by atoms with Crippen LogP contribution in [-0.4, -0.2) is 20.6 Å². The molecule has 0 aromatic heterocycles. The number of aryl methyl sites for hydroxylation is 3. The number of hydrogen-bond acceptors (Lipinski definition) is 3. The van der Waals surface area contributed by atoms with Crippen molar-refractivity contribution in [3.8, 4) is 0 Å². The number of para-hydroxylation sites is 1. The Morgan fingerprint density at radius 2 is 1.58 bits per heavy atom. The van der Waals surface area contributed by atoms with E-state index < -0.39 is 15.8 Å². The zero-order chi connectivity index (χ0) is 24.3. The molecule has 0 fully saturated rings. The number of nitrogens with zero attached hydrogens (tertiary/aromatic N) is 1. The lowest BCUT2D eigenvalue weighted by Crippen LogP contribution is -2.30. The van der Waals surface area contributed by atoms with E-state index >= 15 is 0 Å². The first kappa shape index (κ1) is 24.5. The van der Waals surface area contributed by atoms with Gasteiger partial charge in [-0.1, -0.05) is 36.4 Å². The highest BCUT2D eigenvalue weighted by molar-refractivity contribution is 7.92. The van der Waals surface area contributed by atoms with Crippen molar-refractivity contribution < 1.29 is 17.6 Å². The van der Waals surface area contributed by atoms with Gasteiger partial charge in [0.05, 0.1) is 24.5 Å². The maximum atomic E-state index is 14.2. The number of benzene rings is 3. The van der Waals surface area contributed by atoms with Crippen LogP contribution in [0.2, 0.25) is 0 Å². The van der Waals surface area contributed by atoms with Crippen molar-refractivity contribution in [2.45, 2.75) is 40.3 Å². The molecule has 1 unspecified atom stereocenters. The minimum absolute atomic E-state index is 0.0144. The molecule has 33 heavy (non-hydrogen) atoms. The van der Waals surface area contributed by atoms with Gasteiger partial charge in [-0.15, -0.1) is 0 Å². The highest BCUT2D eigenvalue weighted by Gasteiger charge is 2.21. The summed E-state index contributed by atoms with van der Waals surface area (Å²) in [6.07, 6.45) is 1.04. The van der Waals surface area contributed by atoms with Gasteiger partial charge in [-0.05, 0) is 79.8 Å². The molecule has 3 aromatic carbocycles. The first-order valence-corrected chi connectivity index (χ1v) is 12.5. The number of halogens is 1. The van der Waals surface area contributed by atoms with Crippen LogP contribution in [-0.2, 0) is 16.6 Å². The molecule has 3 rings (SSSR count). The van der Waals surface area contributed by atoms with E-state index in [0.29, 0.717) is 11.1 Å². The number of anilines is 1.